The second kappa shape index (κ2) is 16.6. The van der Waals surface area contributed by atoms with E-state index in [1.807, 2.05) is 36.4 Å². The molecule has 0 bridgehead atoms. The molecule has 1 aliphatic rings. The fourth-order valence-corrected chi connectivity index (χ4v) is 6.18. The van der Waals surface area contributed by atoms with E-state index in [2.05, 4.69) is 129 Å². The molecule has 0 amide bonds. The Bertz CT molecular complexity index is 1590. The van der Waals surface area contributed by atoms with Crippen molar-refractivity contribution in [3.63, 3.8) is 0 Å². The molecule has 0 N–H and O–H groups in total. The van der Waals surface area contributed by atoms with Crippen molar-refractivity contribution in [3.05, 3.63) is 174 Å². The van der Waals surface area contributed by atoms with Gasteiger partial charge >= 0.3 is 125 Å². The van der Waals surface area contributed by atoms with Gasteiger partial charge in [-0.1, -0.05) is 42.0 Å². The number of hydrogen-bond acceptors (Lipinski definition) is 0. The van der Waals surface area contributed by atoms with Crippen LogP contribution in [0.2, 0.25) is 0 Å². The molecule has 1 aliphatic carbocycles. The largest absolute Gasteiger partial charge is 1.00 e. The van der Waals surface area contributed by atoms with Crippen LogP contribution in [0.1, 0.15) is 47.9 Å². The zero-order chi connectivity index (χ0) is 27.7. The van der Waals surface area contributed by atoms with Crippen molar-refractivity contribution in [3.8, 4) is 11.1 Å². The number of benzene rings is 5. The fraction of sp³-hybridized carbons (Fsp3) is 0.128. The molecular weight excluding hydrogens is 631 g/mol. The van der Waals surface area contributed by atoms with Crippen molar-refractivity contribution >= 4 is 14.0 Å². The summed E-state index contributed by atoms with van der Waals surface area (Å²) < 4.78 is 1.61. The van der Waals surface area contributed by atoms with Gasteiger partial charge in [0.25, 0.3) is 0 Å². The molecule has 0 radical (unpaired) electrons. The minimum atomic E-state index is 0. The molecule has 7 rings (SSSR count). The van der Waals surface area contributed by atoms with E-state index in [-0.39, 0.29) is 24.8 Å². The zero-order valence-electron chi connectivity index (χ0n) is 24.0. The first-order valence-corrected chi connectivity index (χ1v) is 15.2. The van der Waals surface area contributed by atoms with Crippen LogP contribution in [0.5, 0.6) is 0 Å². The van der Waals surface area contributed by atoms with Gasteiger partial charge in [-0.2, -0.15) is 18.2 Å². The van der Waals surface area contributed by atoms with E-state index in [1.165, 1.54) is 44.2 Å². The van der Waals surface area contributed by atoms with Crippen molar-refractivity contribution in [1.82, 2.24) is 0 Å². The van der Waals surface area contributed by atoms with E-state index in [0.717, 1.165) is 6.42 Å². The van der Waals surface area contributed by atoms with Gasteiger partial charge in [0.05, 0.1) is 0 Å². The maximum atomic E-state index is 3.39. The van der Waals surface area contributed by atoms with E-state index in [9.17, 15) is 0 Å². The molecule has 0 saturated heterocycles. The standard InChI is InChI=1S/C17H11.C17H18.C5H5.2ClH.Zr/c1-3-7-14-12(5-1)9-10-16-15-8-4-2-6-13(15)11-17(14)16;1-14(16-9-5-3-6-10-16)13-15(2)17-11-7-4-8-12-17;1-2-4-5-3-1;;;/h1-6,8-10H,11H2;3-12,14-15H,1-2H3;1-5H;2*1H;/q-1;;-1;;;+2/p-2. The smallest absolute Gasteiger partial charge is 0.0246 e. The molecule has 6 aromatic rings. The molecule has 2 unspecified atom stereocenters. The maximum Gasteiger partial charge on any atom is -0.0246 e. The second-order valence-electron chi connectivity index (χ2n) is 10.2. The van der Waals surface area contributed by atoms with Gasteiger partial charge < -0.3 is 24.8 Å². The summed E-state index contributed by atoms with van der Waals surface area (Å²) >= 11 is 1.54. The zero-order valence-corrected chi connectivity index (χ0v) is 27.9. The number of halogens is 2. The summed E-state index contributed by atoms with van der Waals surface area (Å²) in [6.07, 6.45) is 1.04. The Balaban J connectivity index is 0.000000190. The van der Waals surface area contributed by atoms with Gasteiger partial charge in [-0.15, -0.1) is 40.6 Å². The van der Waals surface area contributed by atoms with Crippen LogP contribution in [0.4, 0.5) is 0 Å². The third-order valence-corrected chi connectivity index (χ3v) is 9.84. The molecule has 42 heavy (non-hydrogen) atoms. The van der Waals surface area contributed by atoms with E-state index in [1.54, 1.807) is 27.4 Å². The first-order valence-electron chi connectivity index (χ1n) is 14.0. The number of hydrogen-bond donors (Lipinski definition) is 0. The average molecular weight is 665 g/mol. The van der Waals surface area contributed by atoms with Crippen LogP contribution in [0.15, 0.2) is 146 Å². The predicted octanol–water partition coefficient (Wildman–Crippen LogP) is 3.94. The Hall–Kier alpha value is -2.96. The SMILES string of the molecule is CC([C](=[Zr+2])C(C)c1ccccc1)c1ccccc1.[Cl-].[Cl-].[c-]1cccc2ccc3c(c12)Cc1ccccc1-3.c1cc[cH-]c1. The minimum Gasteiger partial charge on any atom is -1.00 e. The van der Waals surface area contributed by atoms with Crippen LogP contribution < -0.4 is 24.8 Å². The number of rotatable bonds is 4. The van der Waals surface area contributed by atoms with E-state index < -0.39 is 0 Å². The van der Waals surface area contributed by atoms with Gasteiger partial charge in [0, 0.05) is 0 Å². The molecule has 6 aromatic carbocycles. The summed E-state index contributed by atoms with van der Waals surface area (Å²) in [5.41, 5.74) is 8.49. The summed E-state index contributed by atoms with van der Waals surface area (Å²) in [6, 6.07) is 54.3. The molecule has 0 fully saturated rings. The first kappa shape index (κ1) is 33.5. The van der Waals surface area contributed by atoms with Crippen molar-refractivity contribution in [2.75, 3.05) is 0 Å². The summed E-state index contributed by atoms with van der Waals surface area (Å²) in [5.74, 6) is 1.08. The molecule has 2 atom stereocenters. The van der Waals surface area contributed by atoms with Crippen LogP contribution in [-0.2, 0) is 30.7 Å². The Morgan fingerprint density at radius 1 is 0.643 bits per heavy atom. The Labute approximate surface area is 278 Å². The normalized spacial score (nSPS) is 12.0. The molecule has 0 saturated carbocycles. The van der Waals surface area contributed by atoms with Crippen LogP contribution in [-0.4, -0.2) is 3.21 Å². The monoisotopic (exact) mass is 662 g/mol. The van der Waals surface area contributed by atoms with Crippen LogP contribution >= 0.6 is 0 Å². The Morgan fingerprint density at radius 3 is 1.79 bits per heavy atom. The fourth-order valence-electron chi connectivity index (χ4n) is 5.36. The molecule has 0 aromatic heterocycles. The van der Waals surface area contributed by atoms with Gasteiger partial charge in [0.2, 0.25) is 0 Å². The van der Waals surface area contributed by atoms with Gasteiger partial charge in [-0.05, 0) is 17.5 Å². The molecular formula is C39H34Cl2Zr-2. The van der Waals surface area contributed by atoms with Gasteiger partial charge in [0.1, 0.15) is 0 Å². The molecule has 3 heteroatoms. The summed E-state index contributed by atoms with van der Waals surface area (Å²) in [5, 5.41) is 2.57. The van der Waals surface area contributed by atoms with Crippen molar-refractivity contribution < 1.29 is 49.0 Å². The van der Waals surface area contributed by atoms with Crippen molar-refractivity contribution in [1.29, 1.82) is 0 Å². The average Bonchev–Trinajstić information content (AvgIpc) is 3.74. The van der Waals surface area contributed by atoms with E-state index in [4.69, 9.17) is 0 Å². The van der Waals surface area contributed by atoms with Crippen LogP contribution in [0, 0.1) is 6.07 Å². The van der Waals surface area contributed by atoms with Gasteiger partial charge in [-0.3, -0.25) is 0 Å². The van der Waals surface area contributed by atoms with Crippen molar-refractivity contribution in [2.45, 2.75) is 32.1 Å². The second-order valence-corrected chi connectivity index (χ2v) is 11.7. The molecule has 0 heterocycles. The summed E-state index contributed by atoms with van der Waals surface area (Å²) in [6.45, 7) is 4.64. The van der Waals surface area contributed by atoms with Crippen LogP contribution in [0.25, 0.3) is 21.9 Å². The third kappa shape index (κ3) is 8.11. The topological polar surface area (TPSA) is 0 Å². The summed E-state index contributed by atoms with van der Waals surface area (Å²) in [7, 11) is 0. The first-order chi connectivity index (χ1) is 19.6. The Kier molecular flexibility index (Phi) is 13.3. The quantitative estimate of drug-likeness (QED) is 0.251. The Morgan fingerprint density at radius 2 is 1.21 bits per heavy atom. The molecule has 210 valence electrons. The van der Waals surface area contributed by atoms with Crippen molar-refractivity contribution in [2.24, 2.45) is 0 Å². The molecule has 0 aliphatic heterocycles. The minimum absolute atomic E-state index is 0. The maximum absolute atomic E-state index is 3.39. The van der Waals surface area contributed by atoms with E-state index in [0.29, 0.717) is 11.8 Å². The van der Waals surface area contributed by atoms with Crippen LogP contribution in [0.3, 0.4) is 0 Å². The molecule has 0 spiro atoms. The predicted molar refractivity (Wildman–Crippen MR) is 168 cm³/mol. The number of fused-ring (bicyclic) bond motifs is 5. The van der Waals surface area contributed by atoms with Gasteiger partial charge in [-0.25, -0.2) is 12.1 Å². The third-order valence-electron chi connectivity index (χ3n) is 7.71. The van der Waals surface area contributed by atoms with Gasteiger partial charge in [0.15, 0.2) is 0 Å². The summed E-state index contributed by atoms with van der Waals surface area (Å²) in [4.78, 5) is 0. The van der Waals surface area contributed by atoms with E-state index >= 15 is 0 Å². The molecule has 0 nitrogen and oxygen atoms in total.